The van der Waals surface area contributed by atoms with E-state index in [4.69, 9.17) is 14.9 Å². The summed E-state index contributed by atoms with van der Waals surface area (Å²) >= 11 is 0. The van der Waals surface area contributed by atoms with Crippen LogP contribution < -0.4 is 10.1 Å². The lowest BCUT2D eigenvalue weighted by molar-refractivity contribution is -0.134. The summed E-state index contributed by atoms with van der Waals surface area (Å²) in [5.41, 5.74) is 1.06. The highest BCUT2D eigenvalue weighted by molar-refractivity contribution is 7.90. The third kappa shape index (κ3) is 6.49. The van der Waals surface area contributed by atoms with Crippen molar-refractivity contribution < 1.29 is 37.3 Å². The predicted molar refractivity (Wildman–Crippen MR) is 120 cm³/mol. The van der Waals surface area contributed by atoms with Gasteiger partial charge in [0.2, 0.25) is 0 Å². The average molecular weight is 491 g/mol. The second-order valence-corrected chi connectivity index (χ2v) is 8.40. The van der Waals surface area contributed by atoms with Crippen LogP contribution >= 0.6 is 0 Å². The zero-order valence-electron chi connectivity index (χ0n) is 18.2. The number of aliphatic carboxylic acids is 2. The van der Waals surface area contributed by atoms with Gasteiger partial charge in [0.15, 0.2) is 11.6 Å². The van der Waals surface area contributed by atoms with E-state index in [1.54, 1.807) is 19.2 Å². The van der Waals surface area contributed by atoms with Gasteiger partial charge in [-0.2, -0.15) is 0 Å². The van der Waals surface area contributed by atoms with E-state index < -0.39 is 27.8 Å². The SMILES string of the molecule is CNCc1cc(-c2cccc(OC)c2F)n(S(=O)(=O)c2cccnc2)c1.O=C(O)C=CC(=O)O. The van der Waals surface area contributed by atoms with Gasteiger partial charge in [0.25, 0.3) is 10.0 Å². The largest absolute Gasteiger partial charge is 0.494 e. The van der Waals surface area contributed by atoms with Crippen molar-refractivity contribution >= 4 is 22.0 Å². The Morgan fingerprint density at radius 2 is 1.85 bits per heavy atom. The highest BCUT2D eigenvalue weighted by Gasteiger charge is 2.24. The van der Waals surface area contributed by atoms with Crippen molar-refractivity contribution in [2.24, 2.45) is 0 Å². The average Bonchev–Trinajstić information content (AvgIpc) is 3.24. The molecule has 180 valence electrons. The van der Waals surface area contributed by atoms with Crippen LogP contribution in [0.3, 0.4) is 0 Å². The van der Waals surface area contributed by atoms with Crippen molar-refractivity contribution in [3.63, 3.8) is 0 Å². The molecule has 1 aromatic carbocycles. The molecule has 0 aliphatic heterocycles. The maximum Gasteiger partial charge on any atom is 0.328 e. The van der Waals surface area contributed by atoms with Gasteiger partial charge < -0.3 is 20.3 Å². The molecule has 12 heteroatoms. The molecule has 10 nitrogen and oxygen atoms in total. The Balaban J connectivity index is 0.000000440. The number of hydrogen-bond acceptors (Lipinski definition) is 7. The van der Waals surface area contributed by atoms with Crippen LogP contribution in [0, 0.1) is 5.82 Å². The first-order chi connectivity index (χ1) is 16.1. The molecule has 2 aromatic heterocycles. The number of carboxylic acid groups (broad SMARTS) is 2. The fourth-order valence-corrected chi connectivity index (χ4v) is 4.17. The number of carbonyl (C=O) groups is 2. The molecule has 0 saturated heterocycles. The van der Waals surface area contributed by atoms with Crippen molar-refractivity contribution in [2.75, 3.05) is 14.2 Å². The van der Waals surface area contributed by atoms with Crippen LogP contribution in [0.4, 0.5) is 4.39 Å². The van der Waals surface area contributed by atoms with Crippen molar-refractivity contribution in [2.45, 2.75) is 11.4 Å². The molecule has 0 radical (unpaired) electrons. The zero-order valence-corrected chi connectivity index (χ0v) is 19.0. The summed E-state index contributed by atoms with van der Waals surface area (Å²) < 4.78 is 47.0. The van der Waals surface area contributed by atoms with E-state index >= 15 is 0 Å². The lowest BCUT2D eigenvalue weighted by Gasteiger charge is -2.12. The molecule has 0 bridgehead atoms. The summed E-state index contributed by atoms with van der Waals surface area (Å²) in [6.45, 7) is 0.439. The summed E-state index contributed by atoms with van der Waals surface area (Å²) in [4.78, 5) is 23.0. The van der Waals surface area contributed by atoms with E-state index in [-0.39, 0.29) is 21.9 Å². The normalized spacial score (nSPS) is 11.0. The number of nitrogens with one attached hydrogen (secondary N) is 1. The molecule has 0 spiro atoms. The van der Waals surface area contributed by atoms with E-state index in [0.717, 1.165) is 3.97 Å². The molecule has 0 aliphatic carbocycles. The molecule has 3 rings (SSSR count). The quantitative estimate of drug-likeness (QED) is 0.404. The molecule has 3 aromatic rings. The van der Waals surface area contributed by atoms with Gasteiger partial charge in [-0.05, 0) is 42.9 Å². The summed E-state index contributed by atoms with van der Waals surface area (Å²) in [6.07, 6.45) is 5.35. The minimum atomic E-state index is -3.93. The lowest BCUT2D eigenvalue weighted by Crippen LogP contribution is -2.14. The zero-order chi connectivity index (χ0) is 25.3. The molecule has 34 heavy (non-hydrogen) atoms. The summed E-state index contributed by atoms with van der Waals surface area (Å²) in [5, 5.41) is 18.6. The smallest absolute Gasteiger partial charge is 0.328 e. The first-order valence-corrected chi connectivity index (χ1v) is 11.0. The summed E-state index contributed by atoms with van der Waals surface area (Å²) in [7, 11) is -0.823. The van der Waals surface area contributed by atoms with E-state index in [1.165, 1.54) is 50.0 Å². The molecule has 0 saturated carbocycles. The van der Waals surface area contributed by atoms with Gasteiger partial charge in [0, 0.05) is 42.9 Å². The van der Waals surface area contributed by atoms with Crippen LogP contribution in [0.25, 0.3) is 11.3 Å². The number of rotatable bonds is 8. The van der Waals surface area contributed by atoms with Gasteiger partial charge in [0.1, 0.15) is 4.90 Å². The van der Waals surface area contributed by atoms with E-state index in [1.807, 2.05) is 0 Å². The second-order valence-electron chi connectivity index (χ2n) is 6.59. The molecule has 0 atom stereocenters. The maximum absolute atomic E-state index is 14.8. The van der Waals surface area contributed by atoms with Gasteiger partial charge in [-0.15, -0.1) is 0 Å². The monoisotopic (exact) mass is 491 g/mol. The number of aromatic nitrogens is 2. The first-order valence-electron chi connectivity index (χ1n) is 9.60. The predicted octanol–water partition coefficient (Wildman–Crippen LogP) is 2.37. The van der Waals surface area contributed by atoms with Crippen LogP contribution in [-0.4, -0.2) is 53.7 Å². The van der Waals surface area contributed by atoms with E-state index in [2.05, 4.69) is 10.3 Å². The van der Waals surface area contributed by atoms with Crippen LogP contribution in [0.1, 0.15) is 5.56 Å². The van der Waals surface area contributed by atoms with Gasteiger partial charge in [0.05, 0.1) is 12.8 Å². The minimum Gasteiger partial charge on any atom is -0.494 e. The highest BCUT2D eigenvalue weighted by atomic mass is 32.2. The van der Waals surface area contributed by atoms with Crippen LogP contribution in [0.15, 0.2) is 72.0 Å². The number of pyridine rings is 1. The fraction of sp³-hybridized carbons (Fsp3) is 0.136. The fourth-order valence-electron chi connectivity index (χ4n) is 2.81. The van der Waals surface area contributed by atoms with Crippen molar-refractivity contribution in [1.29, 1.82) is 0 Å². The standard InChI is InChI=1S/C18H18FN3O3S.C4H4O4/c1-20-10-13-9-16(15-6-3-7-17(25-2)18(15)19)22(12-13)26(23,24)14-5-4-8-21-11-14;5-3(6)1-2-4(7)8/h3-9,11-12,20H,10H2,1-2H3;1-2H,(H,5,6)(H,7,8). The second kappa shape index (κ2) is 11.7. The Kier molecular flexibility index (Phi) is 9.04. The van der Waals surface area contributed by atoms with Gasteiger partial charge in [-0.25, -0.2) is 26.4 Å². The third-order valence-corrected chi connectivity index (χ3v) is 5.90. The Bertz CT molecular complexity index is 1270. The Morgan fingerprint density at radius 1 is 1.18 bits per heavy atom. The van der Waals surface area contributed by atoms with Crippen molar-refractivity contribution in [1.82, 2.24) is 14.3 Å². The van der Waals surface area contributed by atoms with Crippen LogP contribution in [-0.2, 0) is 26.2 Å². The summed E-state index contributed by atoms with van der Waals surface area (Å²) in [5.74, 6) is -3.09. The molecule has 2 heterocycles. The third-order valence-electron chi connectivity index (χ3n) is 4.24. The minimum absolute atomic E-state index is 0.0242. The van der Waals surface area contributed by atoms with Crippen LogP contribution in [0.2, 0.25) is 0 Å². The molecule has 0 fully saturated rings. The molecular formula is C22H22FN3O7S. The molecule has 0 amide bonds. The Morgan fingerprint density at radius 3 is 2.38 bits per heavy atom. The number of carboxylic acids is 2. The Hall–Kier alpha value is -4.03. The molecule has 3 N–H and O–H groups in total. The topological polar surface area (TPSA) is 148 Å². The molecular weight excluding hydrogens is 469 g/mol. The van der Waals surface area contributed by atoms with Crippen molar-refractivity contribution in [3.8, 4) is 17.0 Å². The maximum atomic E-state index is 14.8. The van der Waals surface area contributed by atoms with E-state index in [9.17, 15) is 22.4 Å². The molecule has 0 unspecified atom stereocenters. The lowest BCUT2D eigenvalue weighted by atomic mass is 10.1. The number of halogens is 1. The van der Waals surface area contributed by atoms with E-state index in [0.29, 0.717) is 24.3 Å². The van der Waals surface area contributed by atoms with Gasteiger partial charge in [-0.1, -0.05) is 6.07 Å². The Labute approximate surface area is 195 Å². The highest BCUT2D eigenvalue weighted by Crippen LogP contribution is 2.32. The number of methoxy groups -OCH3 is 1. The number of benzene rings is 1. The first kappa shape index (κ1) is 26.2. The number of ether oxygens (including phenoxy) is 1. The van der Waals surface area contributed by atoms with Crippen LogP contribution in [0.5, 0.6) is 5.75 Å². The molecule has 0 aliphatic rings. The number of nitrogens with zero attached hydrogens (tertiary/aromatic N) is 2. The summed E-state index contributed by atoms with van der Waals surface area (Å²) in [6, 6.07) is 9.25. The van der Waals surface area contributed by atoms with Gasteiger partial charge in [-0.3, -0.25) is 4.98 Å². The van der Waals surface area contributed by atoms with Crippen molar-refractivity contribution in [3.05, 3.63) is 78.5 Å². The number of hydrogen-bond donors (Lipinski definition) is 3. The van der Waals surface area contributed by atoms with Gasteiger partial charge >= 0.3 is 11.9 Å².